The molecule has 0 aliphatic heterocycles. The molecule has 0 amide bonds. The number of rotatable bonds is 1. The Kier molecular flexibility index (Phi) is 4.66. The Labute approximate surface area is 192 Å². The average Bonchev–Trinajstić information content (AvgIpc) is 3.04. The molecule has 0 aromatic carbocycles. The zero-order valence-corrected chi connectivity index (χ0v) is 21.6. The summed E-state index contributed by atoms with van der Waals surface area (Å²) in [5.41, 5.74) is 3.06. The van der Waals surface area contributed by atoms with Gasteiger partial charge in [0.25, 0.3) is 0 Å². The Bertz CT molecular complexity index is 807. The topological polar surface area (TPSA) is 17.1 Å². The summed E-state index contributed by atoms with van der Waals surface area (Å²) in [6.45, 7) is 22.0. The van der Waals surface area contributed by atoms with Crippen LogP contribution in [0, 0.1) is 56.7 Å². The van der Waals surface area contributed by atoms with Crippen LogP contribution >= 0.6 is 0 Å². The highest BCUT2D eigenvalue weighted by atomic mass is 16.1. The van der Waals surface area contributed by atoms with E-state index in [1.165, 1.54) is 56.9 Å². The predicted molar refractivity (Wildman–Crippen MR) is 130 cm³/mol. The van der Waals surface area contributed by atoms with Crippen LogP contribution in [0.3, 0.4) is 0 Å². The van der Waals surface area contributed by atoms with E-state index in [0.29, 0.717) is 33.4 Å². The maximum atomic E-state index is 12.9. The van der Waals surface area contributed by atoms with Gasteiger partial charge in [-0.3, -0.25) is 4.79 Å². The zero-order chi connectivity index (χ0) is 22.6. The first-order chi connectivity index (χ1) is 14.3. The molecule has 5 aliphatic carbocycles. The second-order valence-corrected chi connectivity index (χ2v) is 14.5. The summed E-state index contributed by atoms with van der Waals surface area (Å²) in [5.74, 6) is 4.33. The van der Waals surface area contributed by atoms with Crippen LogP contribution in [-0.4, -0.2) is 5.78 Å². The number of carbonyl (C=O) groups excluding carboxylic acids is 1. The van der Waals surface area contributed by atoms with Crippen LogP contribution in [0.1, 0.15) is 113 Å². The van der Waals surface area contributed by atoms with E-state index in [4.69, 9.17) is 0 Å². The summed E-state index contributed by atoms with van der Waals surface area (Å²) < 4.78 is 0. The Hall–Kier alpha value is -0.590. The van der Waals surface area contributed by atoms with Crippen molar-refractivity contribution in [3.05, 3.63) is 12.2 Å². The maximum absolute atomic E-state index is 12.9. The van der Waals surface area contributed by atoms with Gasteiger partial charge in [0.15, 0.2) is 0 Å². The molecule has 0 aromatic heterocycles. The molecule has 0 radical (unpaired) electrons. The van der Waals surface area contributed by atoms with Crippen molar-refractivity contribution in [1.82, 2.24) is 0 Å². The maximum Gasteiger partial charge on any atom is 0.138 e. The zero-order valence-electron chi connectivity index (χ0n) is 21.6. The summed E-state index contributed by atoms with van der Waals surface area (Å²) in [6, 6.07) is 0. The molecule has 31 heavy (non-hydrogen) atoms. The molecular weight excluding hydrogens is 376 g/mol. The van der Waals surface area contributed by atoms with Crippen molar-refractivity contribution in [1.29, 1.82) is 0 Å². The van der Waals surface area contributed by atoms with Crippen molar-refractivity contribution in [2.24, 2.45) is 56.7 Å². The minimum Gasteiger partial charge on any atom is -0.299 e. The fraction of sp³-hybridized carbons (Fsp3) is 0.900. The van der Waals surface area contributed by atoms with Crippen molar-refractivity contribution >= 4 is 5.78 Å². The fourth-order valence-electron chi connectivity index (χ4n) is 11.3. The molecule has 5 rings (SSSR count). The molecule has 174 valence electrons. The third kappa shape index (κ3) is 2.59. The summed E-state index contributed by atoms with van der Waals surface area (Å²) in [7, 11) is 0. The van der Waals surface area contributed by atoms with Crippen LogP contribution in [0.4, 0.5) is 0 Å². The second kappa shape index (κ2) is 6.50. The Morgan fingerprint density at radius 3 is 2.19 bits per heavy atom. The highest BCUT2D eigenvalue weighted by Crippen LogP contribution is 2.77. The van der Waals surface area contributed by atoms with Crippen molar-refractivity contribution in [2.75, 3.05) is 0 Å². The van der Waals surface area contributed by atoms with E-state index < -0.39 is 0 Å². The third-order valence-corrected chi connectivity index (χ3v) is 13.2. The van der Waals surface area contributed by atoms with Gasteiger partial charge in [-0.2, -0.15) is 0 Å². The van der Waals surface area contributed by atoms with Gasteiger partial charge < -0.3 is 0 Å². The highest BCUT2D eigenvalue weighted by Gasteiger charge is 2.70. The van der Waals surface area contributed by atoms with Crippen molar-refractivity contribution < 1.29 is 4.79 Å². The van der Waals surface area contributed by atoms with E-state index in [0.717, 1.165) is 36.5 Å². The van der Waals surface area contributed by atoms with E-state index in [9.17, 15) is 4.79 Å². The van der Waals surface area contributed by atoms with E-state index in [1.54, 1.807) is 0 Å². The van der Waals surface area contributed by atoms with Gasteiger partial charge in [-0.05, 0) is 116 Å². The Morgan fingerprint density at radius 2 is 1.52 bits per heavy atom. The lowest BCUT2D eigenvalue weighted by Crippen LogP contribution is -2.66. The molecule has 0 unspecified atom stereocenters. The number of fused-ring (bicyclic) bond motifs is 7. The highest BCUT2D eigenvalue weighted by molar-refractivity contribution is 5.85. The van der Waals surface area contributed by atoms with Crippen LogP contribution in [0.2, 0.25) is 0 Å². The molecule has 0 bridgehead atoms. The van der Waals surface area contributed by atoms with Crippen LogP contribution < -0.4 is 0 Å². The molecule has 5 saturated carbocycles. The summed E-state index contributed by atoms with van der Waals surface area (Å²) >= 11 is 0. The number of Topliss-reactive ketones (excluding diaryl/α,β-unsaturated/α-hetero) is 1. The second-order valence-electron chi connectivity index (χ2n) is 14.5. The van der Waals surface area contributed by atoms with E-state index >= 15 is 0 Å². The predicted octanol–water partition coefficient (Wildman–Crippen LogP) is 8.23. The summed E-state index contributed by atoms with van der Waals surface area (Å²) in [5, 5.41) is 0. The van der Waals surface area contributed by atoms with E-state index in [-0.39, 0.29) is 5.41 Å². The van der Waals surface area contributed by atoms with Gasteiger partial charge in [-0.1, -0.05) is 53.7 Å². The molecule has 1 nitrogen and oxygen atoms in total. The number of hydrogen-bond acceptors (Lipinski definition) is 1. The average molecular weight is 425 g/mol. The minimum atomic E-state index is -0.131. The lowest BCUT2D eigenvalue weighted by molar-refractivity contribution is -0.232. The standard InChI is InChI=1S/C30H48O/c1-19(2)20-11-14-27(5)17-18-29(7)21(25(20)27)9-10-23-28(6)15-13-24(31)26(3,4)22(28)12-16-30(23,29)8/h20-23,25H,1,9-18H2,2-8H3/t20-,21-,22+,23+,25+,27+,28-,29+,30+/m0/s1. The molecule has 1 heteroatoms. The number of hydrogen-bond donors (Lipinski definition) is 0. The number of allylic oxidation sites excluding steroid dienone is 1. The molecule has 0 spiro atoms. The Morgan fingerprint density at radius 1 is 0.806 bits per heavy atom. The van der Waals surface area contributed by atoms with Crippen molar-refractivity contribution in [3.63, 3.8) is 0 Å². The van der Waals surface area contributed by atoms with E-state index in [2.05, 4.69) is 55.0 Å². The van der Waals surface area contributed by atoms with Crippen molar-refractivity contribution in [3.8, 4) is 0 Å². The van der Waals surface area contributed by atoms with E-state index in [1.807, 2.05) is 0 Å². The quantitative estimate of drug-likeness (QED) is 0.387. The van der Waals surface area contributed by atoms with Gasteiger partial charge in [0.05, 0.1) is 0 Å². The first-order valence-electron chi connectivity index (χ1n) is 13.5. The molecule has 0 aromatic rings. The summed E-state index contributed by atoms with van der Waals surface area (Å²) in [6.07, 6.45) is 13.0. The normalized spacial score (nSPS) is 55.6. The van der Waals surface area contributed by atoms with Gasteiger partial charge >= 0.3 is 0 Å². The van der Waals surface area contributed by atoms with Crippen LogP contribution in [0.25, 0.3) is 0 Å². The monoisotopic (exact) mass is 424 g/mol. The van der Waals surface area contributed by atoms with Crippen LogP contribution in [0.15, 0.2) is 12.2 Å². The molecule has 9 atom stereocenters. The van der Waals surface area contributed by atoms with Crippen molar-refractivity contribution in [2.45, 2.75) is 113 Å². The summed E-state index contributed by atoms with van der Waals surface area (Å²) in [4.78, 5) is 12.9. The first kappa shape index (κ1) is 22.2. The van der Waals surface area contributed by atoms with Gasteiger partial charge in [-0.25, -0.2) is 0 Å². The lowest BCUT2D eigenvalue weighted by Gasteiger charge is -2.72. The molecule has 5 fully saturated rings. The molecule has 0 N–H and O–H groups in total. The van der Waals surface area contributed by atoms with Gasteiger partial charge in [-0.15, -0.1) is 0 Å². The molecule has 0 heterocycles. The molecule has 0 saturated heterocycles. The molecule has 5 aliphatic rings. The minimum absolute atomic E-state index is 0.131. The smallest absolute Gasteiger partial charge is 0.138 e. The van der Waals surface area contributed by atoms with Gasteiger partial charge in [0, 0.05) is 11.8 Å². The third-order valence-electron chi connectivity index (χ3n) is 13.2. The lowest BCUT2D eigenvalue weighted by atomic mass is 9.32. The van der Waals surface area contributed by atoms with Crippen LogP contribution in [0.5, 0.6) is 0 Å². The Balaban J connectivity index is 1.55. The first-order valence-corrected chi connectivity index (χ1v) is 13.5. The largest absolute Gasteiger partial charge is 0.299 e. The number of ketones is 1. The molecular formula is C30H48O. The van der Waals surface area contributed by atoms with Gasteiger partial charge in [0.1, 0.15) is 5.78 Å². The van der Waals surface area contributed by atoms with Crippen LogP contribution in [-0.2, 0) is 4.79 Å². The SMILES string of the molecule is C=C(C)[C@@H]1CC[C@]2(C)CC[C@]3(C)[C@@H](CC[C@@H]4[C@@]5(C)CCC(=O)C(C)(C)[C@H]5CC[C@]43C)[C@@H]12. The fourth-order valence-corrected chi connectivity index (χ4v) is 11.3. The number of carbonyl (C=O) groups is 1. The van der Waals surface area contributed by atoms with Gasteiger partial charge in [0.2, 0.25) is 0 Å².